The number of H-pyrrole nitrogens is 1. The van der Waals surface area contributed by atoms with Crippen molar-refractivity contribution in [2.24, 2.45) is 0 Å². The summed E-state index contributed by atoms with van der Waals surface area (Å²) in [7, 11) is 0. The molecule has 0 radical (unpaired) electrons. The number of hydrogen-bond acceptors (Lipinski definition) is 3. The van der Waals surface area contributed by atoms with Gasteiger partial charge in [0.2, 0.25) is 0 Å². The Labute approximate surface area is 113 Å². The number of aliphatic carboxylic acids is 1. The molecule has 3 aromatic rings. The van der Waals surface area contributed by atoms with Gasteiger partial charge in [0, 0.05) is 35.1 Å². The average Bonchev–Trinajstić information content (AvgIpc) is 2.90. The summed E-state index contributed by atoms with van der Waals surface area (Å²) in [4.78, 5) is 29.3. The number of benzene rings is 1. The van der Waals surface area contributed by atoms with Crippen molar-refractivity contribution >= 4 is 22.7 Å². The van der Waals surface area contributed by atoms with E-state index in [9.17, 15) is 9.59 Å². The Balaban J connectivity index is 2.11. The van der Waals surface area contributed by atoms with Crippen molar-refractivity contribution in [2.75, 3.05) is 0 Å². The first-order valence-electron chi connectivity index (χ1n) is 5.96. The number of fused-ring (bicyclic) bond motifs is 1. The number of carboxylic acid groups (broad SMARTS) is 1. The van der Waals surface area contributed by atoms with Gasteiger partial charge in [-0.1, -0.05) is 18.2 Å². The number of nitrogens with one attached hydrogen (secondary N) is 1. The Morgan fingerprint density at radius 1 is 1.15 bits per heavy atom. The Hall–Kier alpha value is -2.95. The van der Waals surface area contributed by atoms with Crippen molar-refractivity contribution in [1.82, 2.24) is 9.97 Å². The number of Topliss-reactive ketones (excluding diaryl/α,β-unsaturated/α-hetero) is 1. The van der Waals surface area contributed by atoms with E-state index in [-0.39, 0.29) is 5.56 Å². The van der Waals surface area contributed by atoms with Crippen molar-refractivity contribution in [3.63, 3.8) is 0 Å². The van der Waals surface area contributed by atoms with Crippen LogP contribution < -0.4 is 0 Å². The number of rotatable bonds is 3. The van der Waals surface area contributed by atoms with Crippen LogP contribution in [-0.4, -0.2) is 26.8 Å². The lowest BCUT2D eigenvalue weighted by molar-refractivity contribution is -0.131. The summed E-state index contributed by atoms with van der Waals surface area (Å²) in [6.07, 6.45) is 4.86. The molecule has 0 spiro atoms. The number of aromatic amines is 1. The van der Waals surface area contributed by atoms with E-state index in [0.717, 1.165) is 16.6 Å². The van der Waals surface area contributed by atoms with Crippen LogP contribution in [0.4, 0.5) is 0 Å². The van der Waals surface area contributed by atoms with E-state index in [4.69, 9.17) is 5.11 Å². The van der Waals surface area contributed by atoms with E-state index in [1.165, 1.54) is 6.20 Å². The quantitative estimate of drug-likeness (QED) is 0.563. The molecule has 2 N–H and O–H groups in total. The second-order valence-electron chi connectivity index (χ2n) is 4.34. The predicted octanol–water partition coefficient (Wildman–Crippen LogP) is 2.50. The molecule has 5 heteroatoms. The molecule has 20 heavy (non-hydrogen) atoms. The first kappa shape index (κ1) is 12.1. The molecule has 0 saturated carbocycles. The number of aromatic nitrogens is 2. The van der Waals surface area contributed by atoms with Crippen molar-refractivity contribution in [3.8, 4) is 11.1 Å². The third-order valence-electron chi connectivity index (χ3n) is 3.12. The molecule has 0 bridgehead atoms. The number of pyridine rings is 1. The van der Waals surface area contributed by atoms with E-state index < -0.39 is 11.8 Å². The van der Waals surface area contributed by atoms with Crippen molar-refractivity contribution < 1.29 is 14.7 Å². The maximum absolute atomic E-state index is 11.5. The summed E-state index contributed by atoms with van der Waals surface area (Å²) in [5, 5.41) is 9.38. The molecule has 1 aromatic carbocycles. The lowest BCUT2D eigenvalue weighted by Gasteiger charge is -2.01. The van der Waals surface area contributed by atoms with Crippen LogP contribution in [0.1, 0.15) is 10.4 Å². The van der Waals surface area contributed by atoms with E-state index in [2.05, 4.69) is 9.97 Å². The molecular weight excluding hydrogens is 256 g/mol. The lowest BCUT2D eigenvalue weighted by atomic mass is 10.0. The van der Waals surface area contributed by atoms with Crippen LogP contribution in [0.2, 0.25) is 0 Å². The summed E-state index contributed by atoms with van der Waals surface area (Å²) in [6, 6.07) is 9.22. The van der Waals surface area contributed by atoms with Crippen molar-refractivity contribution in [2.45, 2.75) is 0 Å². The molecule has 0 saturated heterocycles. The van der Waals surface area contributed by atoms with Gasteiger partial charge in [-0.25, -0.2) is 4.79 Å². The minimum Gasteiger partial charge on any atom is -0.475 e. The van der Waals surface area contributed by atoms with Crippen molar-refractivity contribution in [3.05, 3.63) is 54.5 Å². The topological polar surface area (TPSA) is 83.0 Å². The molecule has 0 atom stereocenters. The number of nitrogens with zero attached hydrogens (tertiary/aromatic N) is 1. The standard InChI is InChI=1S/C15H10N2O3/c18-14(15(19)20)12-8-17-13-6-9(3-4-11(12)13)10-2-1-5-16-7-10/h1-8,17H,(H,19,20). The van der Waals surface area contributed by atoms with Gasteiger partial charge in [-0.2, -0.15) is 0 Å². The fraction of sp³-hybridized carbons (Fsp3) is 0. The predicted molar refractivity (Wildman–Crippen MR) is 73.5 cm³/mol. The highest BCUT2D eigenvalue weighted by atomic mass is 16.4. The van der Waals surface area contributed by atoms with E-state index >= 15 is 0 Å². The minimum absolute atomic E-state index is 0.172. The van der Waals surface area contributed by atoms with Gasteiger partial charge < -0.3 is 10.1 Å². The average molecular weight is 266 g/mol. The third kappa shape index (κ3) is 1.95. The van der Waals surface area contributed by atoms with Gasteiger partial charge in [-0.15, -0.1) is 0 Å². The molecule has 98 valence electrons. The zero-order chi connectivity index (χ0) is 14.1. The van der Waals surface area contributed by atoms with E-state index in [1.807, 2.05) is 24.3 Å². The monoisotopic (exact) mass is 266 g/mol. The fourth-order valence-electron chi connectivity index (χ4n) is 2.14. The van der Waals surface area contributed by atoms with Gasteiger partial charge in [0.1, 0.15) is 0 Å². The summed E-state index contributed by atoms with van der Waals surface area (Å²) < 4.78 is 0. The highest BCUT2D eigenvalue weighted by Gasteiger charge is 2.18. The fourth-order valence-corrected chi connectivity index (χ4v) is 2.14. The molecule has 0 amide bonds. The van der Waals surface area contributed by atoms with Crippen LogP contribution >= 0.6 is 0 Å². The number of carbonyl (C=O) groups excluding carboxylic acids is 1. The number of hydrogen-bond donors (Lipinski definition) is 2. The first-order chi connectivity index (χ1) is 9.66. The minimum atomic E-state index is -1.46. The normalized spacial score (nSPS) is 10.6. The van der Waals surface area contributed by atoms with E-state index in [0.29, 0.717) is 5.39 Å². The zero-order valence-electron chi connectivity index (χ0n) is 10.3. The molecule has 0 aliphatic heterocycles. The third-order valence-corrected chi connectivity index (χ3v) is 3.12. The smallest absolute Gasteiger partial charge is 0.377 e. The van der Waals surface area contributed by atoms with Crippen LogP contribution in [0.5, 0.6) is 0 Å². The van der Waals surface area contributed by atoms with Crippen LogP contribution in [0.3, 0.4) is 0 Å². The second kappa shape index (κ2) is 4.62. The Morgan fingerprint density at radius 3 is 2.70 bits per heavy atom. The first-order valence-corrected chi connectivity index (χ1v) is 5.96. The van der Waals surface area contributed by atoms with Gasteiger partial charge in [0.05, 0.1) is 5.56 Å². The largest absolute Gasteiger partial charge is 0.475 e. The van der Waals surface area contributed by atoms with Crippen LogP contribution in [-0.2, 0) is 4.79 Å². The molecule has 0 aliphatic carbocycles. The molecule has 0 unspecified atom stereocenters. The van der Waals surface area contributed by atoms with E-state index in [1.54, 1.807) is 18.5 Å². The SMILES string of the molecule is O=C(O)C(=O)c1c[nH]c2cc(-c3cccnc3)ccc12. The number of ketones is 1. The van der Waals surface area contributed by atoms with Gasteiger partial charge >= 0.3 is 5.97 Å². The lowest BCUT2D eigenvalue weighted by Crippen LogP contribution is -2.11. The number of carboxylic acids is 1. The summed E-state index contributed by atoms with van der Waals surface area (Å²) in [5.41, 5.74) is 2.79. The molecular formula is C15H10N2O3. The Kier molecular flexibility index (Phi) is 2.80. The highest BCUT2D eigenvalue weighted by molar-refractivity contribution is 6.42. The summed E-state index contributed by atoms with van der Waals surface area (Å²) in [5.74, 6) is -2.37. The molecule has 0 fully saturated rings. The van der Waals surface area contributed by atoms with Gasteiger partial charge in [0.15, 0.2) is 0 Å². The van der Waals surface area contributed by atoms with Gasteiger partial charge in [-0.3, -0.25) is 9.78 Å². The molecule has 2 aromatic heterocycles. The maximum atomic E-state index is 11.5. The molecule has 3 rings (SSSR count). The Morgan fingerprint density at radius 2 is 2.00 bits per heavy atom. The maximum Gasteiger partial charge on any atom is 0.377 e. The Bertz CT molecular complexity index is 806. The van der Waals surface area contributed by atoms with Crippen LogP contribution in [0.25, 0.3) is 22.0 Å². The summed E-state index contributed by atoms with van der Waals surface area (Å²) in [6.45, 7) is 0. The summed E-state index contributed by atoms with van der Waals surface area (Å²) >= 11 is 0. The molecule has 2 heterocycles. The second-order valence-corrected chi connectivity index (χ2v) is 4.34. The van der Waals surface area contributed by atoms with Gasteiger partial charge in [-0.05, 0) is 17.7 Å². The molecule has 5 nitrogen and oxygen atoms in total. The van der Waals surface area contributed by atoms with Crippen molar-refractivity contribution in [1.29, 1.82) is 0 Å². The van der Waals surface area contributed by atoms with Crippen LogP contribution in [0.15, 0.2) is 48.9 Å². The zero-order valence-corrected chi connectivity index (χ0v) is 10.3. The number of carbonyl (C=O) groups is 2. The van der Waals surface area contributed by atoms with Gasteiger partial charge in [0.25, 0.3) is 5.78 Å². The van der Waals surface area contributed by atoms with Crippen LogP contribution in [0, 0.1) is 0 Å². The molecule has 0 aliphatic rings. The highest BCUT2D eigenvalue weighted by Crippen LogP contribution is 2.25.